The molecule has 0 saturated carbocycles. The zero-order chi connectivity index (χ0) is 12.1. The quantitative estimate of drug-likeness (QED) is 0.787. The van der Waals surface area contributed by atoms with Gasteiger partial charge in [-0.15, -0.1) is 11.3 Å². The average Bonchev–Trinajstić information content (AvgIpc) is 2.58. The Morgan fingerprint density at radius 3 is 2.56 bits per heavy atom. The van der Waals surface area contributed by atoms with Crippen LogP contribution in [0, 0.1) is 12.8 Å². The average molecular weight is 304 g/mol. The van der Waals surface area contributed by atoms with E-state index >= 15 is 0 Å². The normalized spacial score (nSPS) is 15.1. The third kappa shape index (κ3) is 3.57. The van der Waals surface area contributed by atoms with Gasteiger partial charge in [-0.25, -0.2) is 0 Å². The van der Waals surface area contributed by atoms with Gasteiger partial charge in [0.1, 0.15) is 0 Å². The Balaban J connectivity index is 2.86. The van der Waals surface area contributed by atoms with E-state index in [1.165, 1.54) is 27.1 Å². The smallest absolute Gasteiger partial charge is 0.0704 e. The summed E-state index contributed by atoms with van der Waals surface area (Å²) in [6.07, 6.45) is 2.41. The van der Waals surface area contributed by atoms with Gasteiger partial charge in [0, 0.05) is 10.9 Å². The molecule has 0 saturated heterocycles. The van der Waals surface area contributed by atoms with Gasteiger partial charge in [-0.1, -0.05) is 27.2 Å². The molecule has 0 spiro atoms. The lowest BCUT2D eigenvalue weighted by Gasteiger charge is -2.24. The second kappa shape index (κ2) is 6.77. The summed E-state index contributed by atoms with van der Waals surface area (Å²) in [5, 5.41) is 3.68. The maximum atomic E-state index is 3.68. The minimum Gasteiger partial charge on any atom is -0.310 e. The topological polar surface area (TPSA) is 12.0 Å². The molecule has 3 heteroatoms. The standard InChI is InChI=1S/C13H22BrNS/c1-5-7-15-13(9(3)6-2)11-8-12(14)16-10(11)4/h8-9,13,15H,5-7H2,1-4H3. The van der Waals surface area contributed by atoms with Crippen LogP contribution in [0.1, 0.15) is 50.1 Å². The lowest BCUT2D eigenvalue weighted by molar-refractivity contribution is 0.377. The van der Waals surface area contributed by atoms with E-state index in [1.807, 2.05) is 11.3 Å². The molecule has 0 aromatic carbocycles. The Morgan fingerprint density at radius 1 is 1.44 bits per heavy atom. The van der Waals surface area contributed by atoms with Crippen molar-refractivity contribution in [3.63, 3.8) is 0 Å². The first-order valence-electron chi connectivity index (χ1n) is 6.09. The first-order chi connectivity index (χ1) is 7.60. The maximum Gasteiger partial charge on any atom is 0.0704 e. The van der Waals surface area contributed by atoms with Crippen molar-refractivity contribution < 1.29 is 0 Å². The van der Waals surface area contributed by atoms with Crippen LogP contribution in [0.3, 0.4) is 0 Å². The third-order valence-corrected chi connectivity index (χ3v) is 4.66. The highest BCUT2D eigenvalue weighted by molar-refractivity contribution is 9.11. The maximum absolute atomic E-state index is 3.68. The van der Waals surface area contributed by atoms with E-state index in [0.717, 1.165) is 6.54 Å². The molecule has 1 N–H and O–H groups in total. The Kier molecular flexibility index (Phi) is 6.01. The van der Waals surface area contributed by atoms with E-state index in [2.05, 4.69) is 55.0 Å². The van der Waals surface area contributed by atoms with Crippen molar-refractivity contribution >= 4 is 27.3 Å². The predicted molar refractivity (Wildman–Crippen MR) is 77.2 cm³/mol. The first-order valence-corrected chi connectivity index (χ1v) is 7.70. The Hall–Kier alpha value is 0.140. The molecule has 1 rings (SSSR count). The fraction of sp³-hybridized carbons (Fsp3) is 0.692. The zero-order valence-electron chi connectivity index (χ0n) is 10.6. The van der Waals surface area contributed by atoms with Crippen LogP contribution >= 0.6 is 27.3 Å². The molecule has 0 fully saturated rings. The van der Waals surface area contributed by atoms with Crippen LogP contribution in [0.15, 0.2) is 9.85 Å². The highest BCUT2D eigenvalue weighted by Gasteiger charge is 2.20. The summed E-state index contributed by atoms with van der Waals surface area (Å²) in [5.41, 5.74) is 1.47. The van der Waals surface area contributed by atoms with Crippen molar-refractivity contribution in [1.82, 2.24) is 5.32 Å². The summed E-state index contributed by atoms with van der Waals surface area (Å²) >= 11 is 5.42. The molecule has 2 atom stereocenters. The highest BCUT2D eigenvalue weighted by Crippen LogP contribution is 2.34. The summed E-state index contributed by atoms with van der Waals surface area (Å²) in [4.78, 5) is 1.43. The molecule has 0 aliphatic carbocycles. The van der Waals surface area contributed by atoms with Crippen molar-refractivity contribution in [2.45, 2.75) is 46.6 Å². The van der Waals surface area contributed by atoms with Crippen molar-refractivity contribution in [3.05, 3.63) is 20.3 Å². The Labute approximate surface area is 112 Å². The fourth-order valence-corrected chi connectivity index (χ4v) is 3.68. The minimum absolute atomic E-state index is 0.507. The van der Waals surface area contributed by atoms with Crippen LogP contribution in [0.4, 0.5) is 0 Å². The Morgan fingerprint density at radius 2 is 2.12 bits per heavy atom. The van der Waals surface area contributed by atoms with Gasteiger partial charge >= 0.3 is 0 Å². The summed E-state index contributed by atoms with van der Waals surface area (Å²) in [6, 6.07) is 2.78. The van der Waals surface area contributed by atoms with Crippen molar-refractivity contribution in [1.29, 1.82) is 0 Å². The van der Waals surface area contributed by atoms with E-state index in [4.69, 9.17) is 0 Å². The van der Waals surface area contributed by atoms with Gasteiger partial charge in [0.05, 0.1) is 3.79 Å². The van der Waals surface area contributed by atoms with E-state index in [9.17, 15) is 0 Å². The lowest BCUT2D eigenvalue weighted by atomic mass is 9.93. The van der Waals surface area contributed by atoms with E-state index in [-0.39, 0.29) is 0 Å². The summed E-state index contributed by atoms with van der Waals surface area (Å²) in [6.45, 7) is 10.1. The second-order valence-electron chi connectivity index (χ2n) is 4.38. The summed E-state index contributed by atoms with van der Waals surface area (Å²) in [5.74, 6) is 0.687. The summed E-state index contributed by atoms with van der Waals surface area (Å²) in [7, 11) is 0. The van der Waals surface area contributed by atoms with Crippen LogP contribution in [0.25, 0.3) is 0 Å². The zero-order valence-corrected chi connectivity index (χ0v) is 13.0. The SMILES string of the molecule is CCCNC(c1cc(Br)sc1C)C(C)CC. The van der Waals surface area contributed by atoms with Gasteiger partial charge in [0.2, 0.25) is 0 Å². The number of hydrogen-bond donors (Lipinski definition) is 1. The van der Waals surface area contributed by atoms with Gasteiger partial charge in [0.15, 0.2) is 0 Å². The van der Waals surface area contributed by atoms with Crippen LogP contribution in [-0.2, 0) is 0 Å². The molecule has 0 aliphatic rings. The molecule has 0 radical (unpaired) electrons. The molecule has 1 nitrogen and oxygen atoms in total. The second-order valence-corrected chi connectivity index (χ2v) is 7.01. The number of aryl methyl sites for hydroxylation is 1. The van der Waals surface area contributed by atoms with Gasteiger partial charge in [-0.2, -0.15) is 0 Å². The van der Waals surface area contributed by atoms with E-state index in [1.54, 1.807) is 0 Å². The van der Waals surface area contributed by atoms with Gasteiger partial charge in [-0.05, 0) is 53.4 Å². The van der Waals surface area contributed by atoms with Crippen molar-refractivity contribution in [3.8, 4) is 0 Å². The van der Waals surface area contributed by atoms with E-state index < -0.39 is 0 Å². The van der Waals surface area contributed by atoms with Gasteiger partial charge in [-0.3, -0.25) is 0 Å². The number of halogens is 1. The molecular formula is C13H22BrNS. The molecule has 92 valence electrons. The molecule has 0 amide bonds. The van der Waals surface area contributed by atoms with Crippen LogP contribution in [0.2, 0.25) is 0 Å². The molecule has 1 aromatic rings. The number of hydrogen-bond acceptors (Lipinski definition) is 2. The largest absolute Gasteiger partial charge is 0.310 e. The Bertz CT molecular complexity index is 322. The third-order valence-electron chi connectivity index (χ3n) is 3.09. The molecule has 16 heavy (non-hydrogen) atoms. The highest BCUT2D eigenvalue weighted by atomic mass is 79.9. The van der Waals surface area contributed by atoms with Gasteiger partial charge < -0.3 is 5.32 Å². The molecule has 1 heterocycles. The van der Waals surface area contributed by atoms with Crippen LogP contribution < -0.4 is 5.32 Å². The molecule has 0 aliphatic heterocycles. The minimum atomic E-state index is 0.507. The van der Waals surface area contributed by atoms with Crippen LogP contribution in [-0.4, -0.2) is 6.54 Å². The first kappa shape index (κ1) is 14.2. The van der Waals surface area contributed by atoms with Gasteiger partial charge in [0.25, 0.3) is 0 Å². The van der Waals surface area contributed by atoms with Crippen molar-refractivity contribution in [2.75, 3.05) is 6.54 Å². The number of rotatable bonds is 6. The monoisotopic (exact) mass is 303 g/mol. The molecular weight excluding hydrogens is 282 g/mol. The number of thiophene rings is 1. The summed E-state index contributed by atoms with van der Waals surface area (Å²) < 4.78 is 1.24. The molecule has 1 aromatic heterocycles. The number of nitrogens with one attached hydrogen (secondary N) is 1. The van der Waals surface area contributed by atoms with Crippen LogP contribution in [0.5, 0.6) is 0 Å². The molecule has 2 unspecified atom stereocenters. The van der Waals surface area contributed by atoms with E-state index in [0.29, 0.717) is 12.0 Å². The molecule has 0 bridgehead atoms. The lowest BCUT2D eigenvalue weighted by Crippen LogP contribution is -2.27. The van der Waals surface area contributed by atoms with Crippen molar-refractivity contribution in [2.24, 2.45) is 5.92 Å². The predicted octanol–water partition coefficient (Wildman–Crippen LogP) is 4.91. The fourth-order valence-electron chi connectivity index (χ4n) is 1.92.